The minimum absolute atomic E-state index is 0.0170. The Kier molecular flexibility index (Phi) is 6.69. The van der Waals surface area contributed by atoms with Gasteiger partial charge in [-0.25, -0.2) is 14.5 Å². The summed E-state index contributed by atoms with van der Waals surface area (Å²) in [6.07, 6.45) is 5.74. The predicted molar refractivity (Wildman–Crippen MR) is 138 cm³/mol. The summed E-state index contributed by atoms with van der Waals surface area (Å²) in [6.45, 7) is 9.20. The van der Waals surface area contributed by atoms with E-state index in [1.807, 2.05) is 37.0 Å². The molecule has 0 aliphatic carbocycles. The average Bonchev–Trinajstić information content (AvgIpc) is 3.48. The van der Waals surface area contributed by atoms with Gasteiger partial charge < -0.3 is 9.47 Å². The van der Waals surface area contributed by atoms with E-state index in [2.05, 4.69) is 28.9 Å². The first-order chi connectivity index (χ1) is 17.5. The van der Waals surface area contributed by atoms with Gasteiger partial charge in [-0.1, -0.05) is 30.4 Å². The first-order valence-electron chi connectivity index (χ1n) is 12.4. The van der Waals surface area contributed by atoms with Crippen molar-refractivity contribution in [3.63, 3.8) is 0 Å². The quantitative estimate of drug-likeness (QED) is 0.329. The molecule has 0 saturated carbocycles. The third-order valence-electron chi connectivity index (χ3n) is 6.58. The normalized spacial score (nSPS) is 15.8. The fourth-order valence-corrected chi connectivity index (χ4v) is 4.80. The Morgan fingerprint density at radius 3 is 2.69 bits per heavy atom. The molecule has 1 aliphatic heterocycles. The molecule has 186 valence electrons. The van der Waals surface area contributed by atoms with Gasteiger partial charge in [0.05, 0.1) is 23.9 Å². The Morgan fingerprint density at radius 1 is 1.19 bits per heavy atom. The lowest BCUT2D eigenvalue weighted by Crippen LogP contribution is -2.19. The molecule has 3 heterocycles. The third-order valence-corrected chi connectivity index (χ3v) is 6.58. The molecular formula is C28H31N5O3. The highest BCUT2D eigenvalue weighted by atomic mass is 16.5. The number of esters is 1. The van der Waals surface area contributed by atoms with Crippen LogP contribution in [-0.2, 0) is 22.9 Å². The number of benzene rings is 2. The fraction of sp³-hybridized carbons (Fsp3) is 0.357. The number of nitrogens with zero attached hydrogens (tertiary/aromatic N) is 5. The lowest BCUT2D eigenvalue weighted by molar-refractivity contribution is -0.0366. The van der Waals surface area contributed by atoms with Gasteiger partial charge in [-0.05, 0) is 62.4 Å². The molecule has 1 saturated heterocycles. The number of carbonyl (C=O) groups is 1. The van der Waals surface area contributed by atoms with Gasteiger partial charge in [0.25, 0.3) is 0 Å². The molecule has 0 spiro atoms. The van der Waals surface area contributed by atoms with Gasteiger partial charge in [0, 0.05) is 31.0 Å². The SMILES string of the molecule is C=C(C)c1c(Cc2nc(-c3ccc(C(=O)OCC)cc3)nn2C)ccc2c1cnn2C1CCCCO1. The summed E-state index contributed by atoms with van der Waals surface area (Å²) in [5.41, 5.74) is 5.61. The maximum absolute atomic E-state index is 11.9. The smallest absolute Gasteiger partial charge is 0.338 e. The highest BCUT2D eigenvalue weighted by Crippen LogP contribution is 2.33. The molecule has 36 heavy (non-hydrogen) atoms. The molecule has 1 atom stereocenters. The van der Waals surface area contributed by atoms with Crippen molar-refractivity contribution in [2.24, 2.45) is 7.05 Å². The predicted octanol–water partition coefficient (Wildman–Crippen LogP) is 5.33. The van der Waals surface area contributed by atoms with Crippen LogP contribution in [0.3, 0.4) is 0 Å². The molecule has 0 amide bonds. The third kappa shape index (κ3) is 4.56. The van der Waals surface area contributed by atoms with E-state index >= 15 is 0 Å². The number of aromatic nitrogens is 5. The maximum atomic E-state index is 11.9. The molecule has 1 unspecified atom stereocenters. The van der Waals surface area contributed by atoms with E-state index in [-0.39, 0.29) is 12.2 Å². The molecule has 4 aromatic rings. The standard InChI is InChI=1S/C28H31N5O3/c1-5-35-28(34)20-11-9-19(10-12-20)27-30-24(32(4)31-27)16-21-13-14-23-22(26(21)18(2)3)17-29-33(23)25-8-6-7-15-36-25/h9-14,17,25H,2,5-8,15-16H2,1,3-4H3. The van der Waals surface area contributed by atoms with E-state index in [9.17, 15) is 4.79 Å². The van der Waals surface area contributed by atoms with Crippen LogP contribution in [0.4, 0.5) is 0 Å². The second kappa shape index (κ2) is 10.1. The fourth-order valence-electron chi connectivity index (χ4n) is 4.80. The molecular weight excluding hydrogens is 454 g/mol. The zero-order chi connectivity index (χ0) is 25.2. The van der Waals surface area contributed by atoms with Gasteiger partial charge >= 0.3 is 5.97 Å². The minimum atomic E-state index is -0.334. The molecule has 1 aliphatic rings. The van der Waals surface area contributed by atoms with Crippen LogP contribution in [0.2, 0.25) is 0 Å². The van der Waals surface area contributed by atoms with Crippen LogP contribution in [0.25, 0.3) is 27.9 Å². The lowest BCUT2D eigenvalue weighted by atomic mass is 9.95. The number of hydrogen-bond acceptors (Lipinski definition) is 6. The molecule has 2 aromatic carbocycles. The van der Waals surface area contributed by atoms with Gasteiger partial charge in [0.1, 0.15) is 5.82 Å². The summed E-state index contributed by atoms with van der Waals surface area (Å²) in [7, 11) is 1.90. The molecule has 8 nitrogen and oxygen atoms in total. The molecule has 0 bridgehead atoms. The summed E-state index contributed by atoms with van der Waals surface area (Å²) < 4.78 is 14.9. The Balaban J connectivity index is 1.44. The number of aryl methyl sites for hydroxylation is 1. The topological polar surface area (TPSA) is 84.1 Å². The summed E-state index contributed by atoms with van der Waals surface area (Å²) in [6, 6.07) is 11.4. The molecule has 0 radical (unpaired) electrons. The minimum Gasteiger partial charge on any atom is -0.462 e. The van der Waals surface area contributed by atoms with Crippen LogP contribution < -0.4 is 0 Å². The van der Waals surface area contributed by atoms with E-state index in [0.29, 0.717) is 24.4 Å². The molecule has 5 rings (SSSR count). The van der Waals surface area contributed by atoms with Crippen molar-refractivity contribution in [1.29, 1.82) is 0 Å². The van der Waals surface area contributed by atoms with E-state index in [0.717, 1.165) is 64.9 Å². The number of ether oxygens (including phenoxy) is 2. The van der Waals surface area contributed by atoms with Crippen molar-refractivity contribution in [1.82, 2.24) is 24.5 Å². The zero-order valence-corrected chi connectivity index (χ0v) is 21.0. The van der Waals surface area contributed by atoms with E-state index < -0.39 is 0 Å². The summed E-state index contributed by atoms with van der Waals surface area (Å²) in [5.74, 6) is 1.12. The monoisotopic (exact) mass is 485 g/mol. The number of fused-ring (bicyclic) bond motifs is 1. The van der Waals surface area contributed by atoms with Gasteiger partial charge in [-0.3, -0.25) is 4.68 Å². The maximum Gasteiger partial charge on any atom is 0.338 e. The summed E-state index contributed by atoms with van der Waals surface area (Å²) >= 11 is 0. The first kappa shape index (κ1) is 23.9. The lowest BCUT2D eigenvalue weighted by Gasteiger charge is -2.23. The van der Waals surface area contributed by atoms with Crippen LogP contribution >= 0.6 is 0 Å². The Labute approximate surface area is 210 Å². The largest absolute Gasteiger partial charge is 0.462 e. The molecule has 2 aromatic heterocycles. The van der Waals surface area contributed by atoms with Crippen LogP contribution in [0.1, 0.15) is 66.6 Å². The van der Waals surface area contributed by atoms with Crippen molar-refractivity contribution >= 4 is 22.4 Å². The number of carbonyl (C=O) groups excluding carboxylic acids is 1. The van der Waals surface area contributed by atoms with Crippen LogP contribution in [0.15, 0.2) is 49.2 Å². The zero-order valence-electron chi connectivity index (χ0n) is 21.0. The summed E-state index contributed by atoms with van der Waals surface area (Å²) in [5, 5.41) is 10.4. The average molecular weight is 486 g/mol. The second-order valence-corrected chi connectivity index (χ2v) is 9.17. The molecule has 0 N–H and O–H groups in total. The van der Waals surface area contributed by atoms with Gasteiger partial charge in [0.2, 0.25) is 0 Å². The van der Waals surface area contributed by atoms with Crippen molar-refractivity contribution in [3.05, 3.63) is 71.7 Å². The second-order valence-electron chi connectivity index (χ2n) is 9.17. The number of rotatable bonds is 7. The van der Waals surface area contributed by atoms with Crippen molar-refractivity contribution in [2.75, 3.05) is 13.2 Å². The molecule has 1 fully saturated rings. The molecule has 8 heteroatoms. The van der Waals surface area contributed by atoms with E-state index in [1.165, 1.54) is 0 Å². The van der Waals surface area contributed by atoms with Gasteiger partial charge in [-0.15, -0.1) is 0 Å². The van der Waals surface area contributed by atoms with Crippen LogP contribution in [-0.4, -0.2) is 43.7 Å². The van der Waals surface area contributed by atoms with E-state index in [4.69, 9.17) is 14.5 Å². The van der Waals surface area contributed by atoms with Crippen molar-refractivity contribution < 1.29 is 14.3 Å². The Morgan fingerprint density at radius 2 is 2.00 bits per heavy atom. The Bertz CT molecular complexity index is 1410. The van der Waals surface area contributed by atoms with Crippen molar-refractivity contribution in [3.8, 4) is 11.4 Å². The Hall–Kier alpha value is -3.78. The summed E-state index contributed by atoms with van der Waals surface area (Å²) in [4.78, 5) is 16.8. The highest BCUT2D eigenvalue weighted by molar-refractivity contribution is 5.93. The first-order valence-corrected chi connectivity index (χ1v) is 12.4. The van der Waals surface area contributed by atoms with Crippen LogP contribution in [0, 0.1) is 0 Å². The van der Waals surface area contributed by atoms with Gasteiger partial charge in [-0.2, -0.15) is 10.2 Å². The van der Waals surface area contributed by atoms with Crippen molar-refractivity contribution in [2.45, 2.75) is 45.8 Å². The van der Waals surface area contributed by atoms with Crippen LogP contribution in [0.5, 0.6) is 0 Å². The van der Waals surface area contributed by atoms with Gasteiger partial charge in [0.15, 0.2) is 12.1 Å². The number of allylic oxidation sites excluding steroid dienone is 1. The van der Waals surface area contributed by atoms with E-state index in [1.54, 1.807) is 23.7 Å². The highest BCUT2D eigenvalue weighted by Gasteiger charge is 2.21. The number of hydrogen-bond donors (Lipinski definition) is 0.